The molecule has 0 aliphatic rings. The number of fused-ring (bicyclic) bond motifs is 1. The second kappa shape index (κ2) is 7.58. The van der Waals surface area contributed by atoms with Crippen LogP contribution in [0.4, 0.5) is 0 Å². The van der Waals surface area contributed by atoms with Gasteiger partial charge in [0.1, 0.15) is 23.8 Å². The summed E-state index contributed by atoms with van der Waals surface area (Å²) in [5, 5.41) is 8.86. The van der Waals surface area contributed by atoms with E-state index in [1.807, 2.05) is 53.2 Å². The lowest BCUT2D eigenvalue weighted by molar-refractivity contribution is 0.289. The van der Waals surface area contributed by atoms with Crippen LogP contribution in [0, 0.1) is 0 Å². The van der Waals surface area contributed by atoms with Crippen LogP contribution in [0.3, 0.4) is 0 Å². The molecule has 0 radical (unpaired) electrons. The van der Waals surface area contributed by atoms with Crippen molar-refractivity contribution in [1.29, 1.82) is 0 Å². The summed E-state index contributed by atoms with van der Waals surface area (Å²) in [6, 6.07) is 13.3. The molecule has 4 rings (SSSR count). The van der Waals surface area contributed by atoms with Gasteiger partial charge in [0.15, 0.2) is 5.82 Å². The van der Waals surface area contributed by atoms with Crippen LogP contribution in [-0.4, -0.2) is 31.4 Å². The number of aromatic nitrogens is 5. The molecule has 0 fully saturated rings. The van der Waals surface area contributed by atoms with E-state index in [0.717, 1.165) is 17.1 Å². The van der Waals surface area contributed by atoms with Crippen molar-refractivity contribution in [3.05, 3.63) is 66.4 Å². The topological polar surface area (TPSA) is 92.5 Å². The van der Waals surface area contributed by atoms with Crippen molar-refractivity contribution in [2.75, 3.05) is 13.0 Å². The summed E-state index contributed by atoms with van der Waals surface area (Å²) >= 11 is 1.48. The van der Waals surface area contributed by atoms with Gasteiger partial charge in [-0.05, 0) is 24.3 Å². The van der Waals surface area contributed by atoms with Gasteiger partial charge in [-0.25, -0.2) is 9.66 Å². The Bertz CT molecular complexity index is 1030. The van der Waals surface area contributed by atoms with Crippen LogP contribution in [0.5, 0.6) is 11.5 Å². The molecule has 0 bridgehead atoms. The van der Waals surface area contributed by atoms with Crippen molar-refractivity contribution < 1.29 is 9.47 Å². The minimum absolute atomic E-state index is 0.214. The van der Waals surface area contributed by atoms with Crippen molar-refractivity contribution in [1.82, 2.24) is 24.3 Å². The van der Waals surface area contributed by atoms with E-state index in [0.29, 0.717) is 22.5 Å². The lowest BCUT2D eigenvalue weighted by atomic mass is 10.3. The van der Waals surface area contributed by atoms with Gasteiger partial charge < -0.3 is 19.7 Å². The number of hydrogen-bond donors (Lipinski definition) is 1. The van der Waals surface area contributed by atoms with E-state index in [9.17, 15) is 0 Å². The molecule has 0 amide bonds. The van der Waals surface area contributed by atoms with Gasteiger partial charge in [-0.2, -0.15) is 0 Å². The third-order valence-electron chi connectivity index (χ3n) is 3.91. The average molecular weight is 382 g/mol. The third kappa shape index (κ3) is 3.82. The molecule has 0 spiro atoms. The Balaban J connectivity index is 1.39. The van der Waals surface area contributed by atoms with Crippen LogP contribution in [-0.2, 0) is 12.4 Å². The number of nitrogen functional groups attached to an aromatic ring is 1. The number of ether oxygens (including phenoxy) is 2. The second-order valence-corrected chi connectivity index (χ2v) is 6.67. The normalized spacial score (nSPS) is 11.0. The molecule has 1 aromatic carbocycles. The molecule has 8 nitrogen and oxygen atoms in total. The van der Waals surface area contributed by atoms with Gasteiger partial charge in [-0.1, -0.05) is 23.9 Å². The molecular weight excluding hydrogens is 364 g/mol. The molecule has 138 valence electrons. The van der Waals surface area contributed by atoms with E-state index in [2.05, 4.69) is 15.2 Å². The largest absolute Gasteiger partial charge is 0.497 e. The van der Waals surface area contributed by atoms with Crippen LogP contribution >= 0.6 is 11.8 Å². The predicted octanol–water partition coefficient (Wildman–Crippen LogP) is 2.52. The summed E-state index contributed by atoms with van der Waals surface area (Å²) in [6.07, 6.45) is 3.96. The highest BCUT2D eigenvalue weighted by Gasteiger charge is 2.12. The van der Waals surface area contributed by atoms with Crippen LogP contribution < -0.4 is 15.3 Å². The van der Waals surface area contributed by atoms with Gasteiger partial charge in [0.05, 0.1) is 12.8 Å². The molecule has 0 unspecified atom stereocenters. The number of hydrogen-bond acceptors (Lipinski definition) is 7. The molecule has 0 saturated heterocycles. The van der Waals surface area contributed by atoms with E-state index < -0.39 is 0 Å². The fraction of sp³-hybridized carbons (Fsp3) is 0.167. The molecule has 0 saturated carbocycles. The number of nitrogens with two attached hydrogens (primary N) is 1. The standard InChI is InChI=1S/C18H18N6O2S/c1-25-14-5-4-6-15(9-14)26-11-17-21-22-18(24(17)19)27-12-13-10-23-8-3-2-7-16(23)20-13/h2-10H,11-12,19H2,1H3. The molecule has 2 N–H and O–H groups in total. The quantitative estimate of drug-likeness (QED) is 0.388. The minimum Gasteiger partial charge on any atom is -0.497 e. The highest BCUT2D eigenvalue weighted by atomic mass is 32.2. The summed E-state index contributed by atoms with van der Waals surface area (Å²) in [7, 11) is 1.61. The van der Waals surface area contributed by atoms with Crippen LogP contribution in [0.15, 0.2) is 60.0 Å². The van der Waals surface area contributed by atoms with Crippen molar-refractivity contribution >= 4 is 17.4 Å². The highest BCUT2D eigenvalue weighted by Crippen LogP contribution is 2.22. The molecule has 4 aromatic rings. The van der Waals surface area contributed by atoms with Gasteiger partial charge in [0.25, 0.3) is 0 Å². The summed E-state index contributed by atoms with van der Waals surface area (Å²) in [5.41, 5.74) is 1.86. The first-order valence-electron chi connectivity index (χ1n) is 8.24. The summed E-state index contributed by atoms with van der Waals surface area (Å²) < 4.78 is 14.3. The van der Waals surface area contributed by atoms with Gasteiger partial charge in [-0.15, -0.1) is 10.2 Å². The van der Waals surface area contributed by atoms with Crippen molar-refractivity contribution in [3.63, 3.8) is 0 Å². The molecule has 3 heterocycles. The van der Waals surface area contributed by atoms with Crippen LogP contribution in [0.2, 0.25) is 0 Å². The first-order chi connectivity index (χ1) is 13.2. The van der Waals surface area contributed by atoms with Gasteiger partial charge in [0.2, 0.25) is 5.16 Å². The summed E-state index contributed by atoms with van der Waals surface area (Å²) in [6.45, 7) is 0.214. The Kier molecular flexibility index (Phi) is 4.84. The molecular formula is C18H18N6O2S. The highest BCUT2D eigenvalue weighted by molar-refractivity contribution is 7.98. The van der Waals surface area contributed by atoms with Gasteiger partial charge >= 0.3 is 0 Å². The zero-order chi connectivity index (χ0) is 18.6. The van der Waals surface area contributed by atoms with Gasteiger partial charge in [-0.3, -0.25) is 0 Å². The van der Waals surface area contributed by atoms with E-state index >= 15 is 0 Å². The molecule has 3 aromatic heterocycles. The zero-order valence-electron chi connectivity index (χ0n) is 14.6. The first kappa shape index (κ1) is 17.2. The summed E-state index contributed by atoms with van der Waals surface area (Å²) in [5.74, 6) is 8.69. The second-order valence-electron chi connectivity index (χ2n) is 5.72. The van der Waals surface area contributed by atoms with Crippen molar-refractivity contribution in [2.24, 2.45) is 0 Å². The average Bonchev–Trinajstić information content (AvgIpc) is 3.28. The SMILES string of the molecule is COc1cccc(OCc2nnc(SCc3cn4ccccc4n3)n2N)c1. The number of nitrogens with zero attached hydrogens (tertiary/aromatic N) is 5. The summed E-state index contributed by atoms with van der Waals surface area (Å²) in [4.78, 5) is 4.56. The van der Waals surface area contributed by atoms with Crippen molar-refractivity contribution in [2.45, 2.75) is 17.5 Å². The Morgan fingerprint density at radius 3 is 2.85 bits per heavy atom. The monoisotopic (exact) mass is 382 g/mol. The molecule has 0 aliphatic heterocycles. The number of imidazole rings is 1. The number of methoxy groups -OCH3 is 1. The Hall–Kier alpha value is -3.20. The molecule has 0 aliphatic carbocycles. The lowest BCUT2D eigenvalue weighted by Crippen LogP contribution is -2.15. The Morgan fingerprint density at radius 2 is 2.00 bits per heavy atom. The van der Waals surface area contributed by atoms with Crippen molar-refractivity contribution in [3.8, 4) is 11.5 Å². The van der Waals surface area contributed by atoms with Gasteiger partial charge in [0, 0.05) is 24.2 Å². The molecule has 0 atom stereocenters. The van der Waals surface area contributed by atoms with Crippen LogP contribution in [0.25, 0.3) is 5.65 Å². The predicted molar refractivity (Wildman–Crippen MR) is 102 cm³/mol. The minimum atomic E-state index is 0.214. The number of thioether (sulfide) groups is 1. The zero-order valence-corrected chi connectivity index (χ0v) is 15.5. The molecule has 27 heavy (non-hydrogen) atoms. The Labute approximate surface area is 159 Å². The smallest absolute Gasteiger partial charge is 0.210 e. The number of rotatable bonds is 7. The molecule has 9 heteroatoms. The van der Waals surface area contributed by atoms with Crippen LogP contribution in [0.1, 0.15) is 11.5 Å². The Morgan fingerprint density at radius 1 is 1.11 bits per heavy atom. The fourth-order valence-electron chi connectivity index (χ4n) is 2.54. The number of benzene rings is 1. The van der Waals surface area contributed by atoms with E-state index in [1.165, 1.54) is 16.4 Å². The van der Waals surface area contributed by atoms with E-state index in [4.69, 9.17) is 15.3 Å². The van der Waals surface area contributed by atoms with E-state index in [1.54, 1.807) is 13.2 Å². The first-order valence-corrected chi connectivity index (χ1v) is 9.23. The third-order valence-corrected chi connectivity index (χ3v) is 4.88. The maximum atomic E-state index is 6.10. The fourth-order valence-corrected chi connectivity index (χ4v) is 3.30. The lowest BCUT2D eigenvalue weighted by Gasteiger charge is -2.07. The number of pyridine rings is 1. The van der Waals surface area contributed by atoms with E-state index in [-0.39, 0.29) is 6.61 Å². The maximum absolute atomic E-state index is 6.10. The maximum Gasteiger partial charge on any atom is 0.210 e.